The predicted molar refractivity (Wildman–Crippen MR) is 79.8 cm³/mol. The first kappa shape index (κ1) is 16.9. The van der Waals surface area contributed by atoms with E-state index in [1.807, 2.05) is 23.2 Å². The minimum Gasteiger partial charge on any atom is -0.363 e. The van der Waals surface area contributed by atoms with Crippen molar-refractivity contribution < 1.29 is 22.8 Å². The number of aromatic amines is 1. The van der Waals surface area contributed by atoms with Gasteiger partial charge in [0.25, 0.3) is 0 Å². The van der Waals surface area contributed by atoms with Crippen LogP contribution in [0, 0.1) is 5.92 Å². The number of alkyl halides is 3. The molecular weight excluding hydrogens is 323 g/mol. The number of carbonyl (C=O) groups excluding carboxylic acids is 2. The van der Waals surface area contributed by atoms with Crippen LogP contribution in [0.1, 0.15) is 37.4 Å². The van der Waals surface area contributed by atoms with Crippen molar-refractivity contribution in [2.24, 2.45) is 5.92 Å². The third-order valence-corrected chi connectivity index (χ3v) is 4.89. The van der Waals surface area contributed by atoms with E-state index in [1.165, 1.54) is 0 Å². The van der Waals surface area contributed by atoms with Crippen LogP contribution in [0.15, 0.2) is 18.3 Å². The van der Waals surface area contributed by atoms with Crippen LogP contribution < -0.4 is 0 Å². The number of rotatable bonds is 2. The lowest BCUT2D eigenvalue weighted by molar-refractivity contribution is -0.187. The molecule has 24 heavy (non-hydrogen) atoms. The van der Waals surface area contributed by atoms with Crippen LogP contribution in [0.25, 0.3) is 0 Å². The van der Waals surface area contributed by atoms with Crippen molar-refractivity contribution in [1.82, 2.24) is 14.8 Å². The minimum absolute atomic E-state index is 0.00814. The van der Waals surface area contributed by atoms with Crippen molar-refractivity contribution in [3.05, 3.63) is 24.0 Å². The summed E-state index contributed by atoms with van der Waals surface area (Å²) < 4.78 is 37.4. The predicted octanol–water partition coefficient (Wildman–Crippen LogP) is 2.48. The van der Waals surface area contributed by atoms with Crippen molar-refractivity contribution in [1.29, 1.82) is 0 Å². The number of aromatic nitrogens is 1. The lowest BCUT2D eigenvalue weighted by Crippen LogP contribution is -2.48. The van der Waals surface area contributed by atoms with E-state index in [-0.39, 0.29) is 43.8 Å². The van der Waals surface area contributed by atoms with Crippen LogP contribution in [0.4, 0.5) is 13.2 Å². The van der Waals surface area contributed by atoms with Crippen molar-refractivity contribution in [3.63, 3.8) is 0 Å². The van der Waals surface area contributed by atoms with E-state index < -0.39 is 12.1 Å². The molecule has 3 heterocycles. The number of H-pyrrole nitrogens is 1. The summed E-state index contributed by atoms with van der Waals surface area (Å²) in [4.78, 5) is 29.8. The second kappa shape index (κ2) is 6.49. The number of amides is 2. The zero-order valence-electron chi connectivity index (χ0n) is 13.2. The molecule has 2 aliphatic rings. The van der Waals surface area contributed by atoms with E-state index in [4.69, 9.17) is 0 Å². The fourth-order valence-electron chi connectivity index (χ4n) is 3.65. The molecule has 8 heteroatoms. The zero-order valence-corrected chi connectivity index (χ0v) is 13.2. The number of carbonyl (C=O) groups is 2. The summed E-state index contributed by atoms with van der Waals surface area (Å²) in [5, 5.41) is 0. The Hall–Kier alpha value is -1.99. The molecule has 2 fully saturated rings. The summed E-state index contributed by atoms with van der Waals surface area (Å²) in [6, 6.07) is 3.85. The number of hydrogen-bond acceptors (Lipinski definition) is 2. The van der Waals surface area contributed by atoms with E-state index in [1.54, 1.807) is 0 Å². The summed E-state index contributed by atoms with van der Waals surface area (Å²) in [5.74, 6) is -2.12. The molecule has 0 bridgehead atoms. The van der Waals surface area contributed by atoms with Crippen molar-refractivity contribution in [3.8, 4) is 0 Å². The van der Waals surface area contributed by atoms with Gasteiger partial charge in [-0.3, -0.25) is 9.59 Å². The molecule has 5 nitrogen and oxygen atoms in total. The van der Waals surface area contributed by atoms with Crippen LogP contribution in [0.5, 0.6) is 0 Å². The number of nitrogens with one attached hydrogen (secondary N) is 1. The Morgan fingerprint density at radius 3 is 2.42 bits per heavy atom. The lowest BCUT2D eigenvalue weighted by atomic mass is 9.94. The highest BCUT2D eigenvalue weighted by molar-refractivity contribution is 5.83. The minimum atomic E-state index is -4.84. The molecule has 0 aliphatic carbocycles. The fourth-order valence-corrected chi connectivity index (χ4v) is 3.65. The third kappa shape index (κ3) is 3.27. The van der Waals surface area contributed by atoms with Crippen LogP contribution in [-0.4, -0.2) is 52.4 Å². The molecule has 132 valence electrons. The second-order valence-electron chi connectivity index (χ2n) is 6.38. The number of likely N-dealkylation sites (tertiary alicyclic amines) is 2. The Balaban J connectivity index is 1.60. The zero-order chi connectivity index (χ0) is 17.3. The van der Waals surface area contributed by atoms with Crippen molar-refractivity contribution in [2.45, 2.75) is 37.9 Å². The summed E-state index contributed by atoms with van der Waals surface area (Å²) >= 11 is 0. The normalized spacial score (nSPS) is 22.9. The SMILES string of the molecule is O=C(C1CCN(C(=O)C(F)(F)F)CC1)N1CCCC1c1ccc[nH]1. The Kier molecular flexibility index (Phi) is 4.56. The largest absolute Gasteiger partial charge is 0.471 e. The van der Waals surface area contributed by atoms with Crippen LogP contribution in [-0.2, 0) is 9.59 Å². The van der Waals surface area contributed by atoms with Gasteiger partial charge in [-0.1, -0.05) is 0 Å². The Labute approximate surface area is 137 Å². The smallest absolute Gasteiger partial charge is 0.363 e. The topological polar surface area (TPSA) is 56.4 Å². The molecule has 2 aliphatic heterocycles. The van der Waals surface area contributed by atoms with E-state index in [2.05, 4.69) is 4.98 Å². The van der Waals surface area contributed by atoms with Gasteiger partial charge in [0.2, 0.25) is 5.91 Å². The van der Waals surface area contributed by atoms with Gasteiger partial charge in [-0.2, -0.15) is 13.2 Å². The molecule has 2 amide bonds. The van der Waals surface area contributed by atoms with E-state index in [0.717, 1.165) is 23.4 Å². The van der Waals surface area contributed by atoms with Gasteiger partial charge >= 0.3 is 12.1 Å². The second-order valence-corrected chi connectivity index (χ2v) is 6.38. The number of halogens is 3. The average Bonchev–Trinajstić information content (AvgIpc) is 3.23. The van der Waals surface area contributed by atoms with E-state index in [9.17, 15) is 22.8 Å². The number of nitrogens with zero attached hydrogens (tertiary/aromatic N) is 2. The van der Waals surface area contributed by atoms with Crippen molar-refractivity contribution in [2.75, 3.05) is 19.6 Å². The van der Waals surface area contributed by atoms with Gasteiger partial charge in [-0.15, -0.1) is 0 Å². The molecule has 3 rings (SSSR count). The van der Waals surface area contributed by atoms with Gasteiger partial charge in [0.05, 0.1) is 6.04 Å². The summed E-state index contributed by atoms with van der Waals surface area (Å²) in [6.07, 6.45) is -0.649. The van der Waals surface area contributed by atoms with Gasteiger partial charge in [0.15, 0.2) is 0 Å². The van der Waals surface area contributed by atoms with Gasteiger partial charge in [-0.25, -0.2) is 0 Å². The molecule has 0 aromatic carbocycles. The van der Waals surface area contributed by atoms with Gasteiger partial charge < -0.3 is 14.8 Å². The maximum absolute atomic E-state index is 12.8. The lowest BCUT2D eigenvalue weighted by Gasteiger charge is -2.35. The fraction of sp³-hybridized carbons (Fsp3) is 0.625. The number of hydrogen-bond donors (Lipinski definition) is 1. The summed E-state index contributed by atoms with van der Waals surface area (Å²) in [7, 11) is 0. The first-order chi connectivity index (χ1) is 11.4. The highest BCUT2D eigenvalue weighted by atomic mass is 19.4. The molecule has 1 N–H and O–H groups in total. The van der Waals surface area contributed by atoms with Crippen molar-refractivity contribution >= 4 is 11.8 Å². The first-order valence-corrected chi connectivity index (χ1v) is 8.18. The van der Waals surface area contributed by atoms with Crippen LogP contribution >= 0.6 is 0 Å². The van der Waals surface area contributed by atoms with Crippen LogP contribution in [0.2, 0.25) is 0 Å². The van der Waals surface area contributed by atoms with Crippen LogP contribution in [0.3, 0.4) is 0 Å². The summed E-state index contributed by atoms with van der Waals surface area (Å²) in [5.41, 5.74) is 0.991. The Bertz CT molecular complexity index is 592. The highest BCUT2D eigenvalue weighted by Gasteiger charge is 2.44. The Morgan fingerprint density at radius 1 is 1.12 bits per heavy atom. The summed E-state index contributed by atoms with van der Waals surface area (Å²) in [6.45, 7) is 0.635. The number of piperidine rings is 1. The van der Waals surface area contributed by atoms with Gasteiger partial charge in [0, 0.05) is 37.4 Å². The molecule has 0 spiro atoms. The molecule has 0 saturated carbocycles. The molecule has 0 radical (unpaired) electrons. The third-order valence-electron chi connectivity index (χ3n) is 4.89. The maximum atomic E-state index is 12.8. The molecule has 1 aromatic heterocycles. The quantitative estimate of drug-likeness (QED) is 0.897. The Morgan fingerprint density at radius 2 is 1.83 bits per heavy atom. The van der Waals surface area contributed by atoms with E-state index >= 15 is 0 Å². The molecule has 1 unspecified atom stereocenters. The molecular formula is C16H20F3N3O2. The van der Waals surface area contributed by atoms with Gasteiger partial charge in [-0.05, 0) is 37.8 Å². The standard InChI is InChI=1S/C16H20F3N3O2/c17-16(18,19)15(24)21-9-5-11(6-10-21)14(23)22-8-2-4-13(22)12-3-1-7-20-12/h1,3,7,11,13,20H,2,4-6,8-10H2. The first-order valence-electron chi connectivity index (χ1n) is 8.18. The highest BCUT2D eigenvalue weighted by Crippen LogP contribution is 2.34. The maximum Gasteiger partial charge on any atom is 0.471 e. The average molecular weight is 343 g/mol. The monoisotopic (exact) mass is 343 g/mol. The molecule has 1 aromatic rings. The molecule has 2 saturated heterocycles. The van der Waals surface area contributed by atoms with E-state index in [0.29, 0.717) is 6.54 Å². The molecule has 1 atom stereocenters. The van der Waals surface area contributed by atoms with Gasteiger partial charge in [0.1, 0.15) is 0 Å².